The average molecular weight is 472 g/mol. The molecule has 0 unspecified atom stereocenters. The Bertz CT molecular complexity index is 1690. The number of fused-ring (bicyclic) bond motifs is 2. The highest BCUT2D eigenvalue weighted by atomic mass is 19.1. The van der Waals surface area contributed by atoms with Crippen LogP contribution in [-0.2, 0) is 14.1 Å². The maximum atomic E-state index is 14.6. The van der Waals surface area contributed by atoms with Gasteiger partial charge in [-0.25, -0.2) is 14.2 Å². The fourth-order valence-corrected chi connectivity index (χ4v) is 4.58. The molecule has 0 spiro atoms. The van der Waals surface area contributed by atoms with Gasteiger partial charge >= 0.3 is 5.69 Å². The Balaban J connectivity index is 1.67. The Morgan fingerprint density at radius 3 is 2.26 bits per heavy atom. The van der Waals surface area contributed by atoms with Crippen molar-refractivity contribution in [1.82, 2.24) is 24.0 Å². The number of halogens is 1. The van der Waals surface area contributed by atoms with E-state index >= 15 is 0 Å². The first-order valence-corrected chi connectivity index (χ1v) is 11.4. The van der Waals surface area contributed by atoms with Crippen LogP contribution in [0.4, 0.5) is 4.39 Å². The molecular weight excluding hydrogens is 445 g/mol. The lowest BCUT2D eigenvalue weighted by Gasteiger charge is -2.12. The van der Waals surface area contributed by atoms with Gasteiger partial charge < -0.3 is 5.32 Å². The third kappa shape index (κ3) is 3.53. The number of nitrogens with zero attached hydrogens (tertiary/aromatic N) is 4. The van der Waals surface area contributed by atoms with E-state index < -0.39 is 11.7 Å². The highest BCUT2D eigenvalue weighted by molar-refractivity contribution is 5.95. The highest BCUT2D eigenvalue weighted by Crippen LogP contribution is 2.31. The number of rotatable bonds is 4. The molecule has 0 aliphatic rings. The molecule has 35 heavy (non-hydrogen) atoms. The summed E-state index contributed by atoms with van der Waals surface area (Å²) in [6.45, 7) is 4.17. The zero-order valence-corrected chi connectivity index (χ0v) is 20.3. The van der Waals surface area contributed by atoms with Crippen LogP contribution in [0.2, 0.25) is 0 Å². The second kappa shape index (κ2) is 8.23. The van der Waals surface area contributed by atoms with Crippen molar-refractivity contribution in [3.63, 3.8) is 0 Å². The number of hydrogen-bond donors (Lipinski definition) is 1. The second-order valence-electron chi connectivity index (χ2n) is 9.01. The standard InChI is InChI=1S/C27H26FN5O2/c1-15(2)25-30-21-13-17(16-6-9-19(20(28)12-16)26(34)29-3)7-10-22(21)33(25)18-8-11-23-24(14-18)32(5)27(35)31(23)4/h6-15H,1-5H3,(H,29,34). The zero-order valence-electron chi connectivity index (χ0n) is 20.3. The largest absolute Gasteiger partial charge is 0.355 e. The molecule has 5 aromatic rings. The topological polar surface area (TPSA) is 73.8 Å². The van der Waals surface area contributed by atoms with E-state index in [0.717, 1.165) is 39.1 Å². The number of carbonyl (C=O) groups is 1. The van der Waals surface area contributed by atoms with Gasteiger partial charge in [-0.15, -0.1) is 0 Å². The maximum absolute atomic E-state index is 14.6. The molecule has 2 aromatic heterocycles. The van der Waals surface area contributed by atoms with Crippen LogP contribution in [0.3, 0.4) is 0 Å². The second-order valence-corrected chi connectivity index (χ2v) is 9.01. The maximum Gasteiger partial charge on any atom is 0.328 e. The Labute approximate surface area is 201 Å². The van der Waals surface area contributed by atoms with Crippen molar-refractivity contribution in [3.8, 4) is 16.8 Å². The number of aryl methyl sites for hydroxylation is 2. The molecule has 8 heteroatoms. The van der Waals surface area contributed by atoms with Crippen LogP contribution >= 0.6 is 0 Å². The Hall–Kier alpha value is -4.20. The third-order valence-corrected chi connectivity index (χ3v) is 6.48. The molecule has 1 N–H and O–H groups in total. The summed E-state index contributed by atoms with van der Waals surface area (Å²) < 4.78 is 19.9. The van der Waals surface area contributed by atoms with Gasteiger partial charge in [-0.05, 0) is 53.6 Å². The van der Waals surface area contributed by atoms with Gasteiger partial charge in [0.05, 0.1) is 27.6 Å². The molecule has 0 fully saturated rings. The smallest absolute Gasteiger partial charge is 0.328 e. The van der Waals surface area contributed by atoms with Gasteiger partial charge in [0.15, 0.2) is 0 Å². The number of nitrogens with one attached hydrogen (secondary N) is 1. The summed E-state index contributed by atoms with van der Waals surface area (Å²) in [7, 11) is 5.01. The van der Waals surface area contributed by atoms with Crippen molar-refractivity contribution in [3.05, 3.63) is 82.3 Å². The lowest BCUT2D eigenvalue weighted by molar-refractivity contribution is 0.0959. The fraction of sp³-hybridized carbons (Fsp3) is 0.222. The number of hydrogen-bond acceptors (Lipinski definition) is 3. The Kier molecular flexibility index (Phi) is 5.31. The molecule has 0 aliphatic heterocycles. The molecule has 0 saturated heterocycles. The molecule has 0 atom stereocenters. The number of benzene rings is 3. The number of carbonyl (C=O) groups excluding carboxylic acids is 1. The number of imidazole rings is 2. The van der Waals surface area contributed by atoms with Crippen LogP contribution in [0.5, 0.6) is 0 Å². The average Bonchev–Trinajstić information content (AvgIpc) is 3.34. The molecule has 178 valence electrons. The molecule has 1 amide bonds. The number of aromatic nitrogens is 4. The van der Waals surface area contributed by atoms with E-state index in [1.807, 2.05) is 36.4 Å². The molecule has 5 rings (SSSR count). The molecule has 0 bridgehead atoms. The predicted molar refractivity (Wildman–Crippen MR) is 136 cm³/mol. The van der Waals surface area contributed by atoms with Crippen LogP contribution < -0.4 is 11.0 Å². The van der Waals surface area contributed by atoms with Crippen LogP contribution in [0, 0.1) is 5.82 Å². The van der Waals surface area contributed by atoms with Crippen LogP contribution in [0.1, 0.15) is 35.9 Å². The summed E-state index contributed by atoms with van der Waals surface area (Å²) in [4.78, 5) is 29.2. The first-order valence-electron chi connectivity index (χ1n) is 11.4. The van der Waals surface area contributed by atoms with E-state index in [4.69, 9.17) is 4.98 Å². The van der Waals surface area contributed by atoms with Crippen LogP contribution in [-0.4, -0.2) is 31.6 Å². The van der Waals surface area contributed by atoms with Crippen LogP contribution in [0.15, 0.2) is 59.4 Å². The molecule has 0 radical (unpaired) electrons. The normalized spacial score (nSPS) is 11.6. The highest BCUT2D eigenvalue weighted by Gasteiger charge is 2.18. The van der Waals surface area contributed by atoms with Crippen molar-refractivity contribution in [1.29, 1.82) is 0 Å². The Morgan fingerprint density at radius 1 is 0.914 bits per heavy atom. The van der Waals surface area contributed by atoms with Gasteiger partial charge in [-0.3, -0.25) is 18.5 Å². The minimum atomic E-state index is -0.572. The van der Waals surface area contributed by atoms with E-state index in [1.54, 1.807) is 29.3 Å². The molecule has 3 aromatic carbocycles. The lowest BCUT2D eigenvalue weighted by atomic mass is 10.0. The van der Waals surface area contributed by atoms with Gasteiger partial charge in [0, 0.05) is 32.7 Å². The predicted octanol–water partition coefficient (Wildman–Crippen LogP) is 4.51. The summed E-state index contributed by atoms with van der Waals surface area (Å²) in [5, 5.41) is 2.45. The number of amides is 1. The van der Waals surface area contributed by atoms with Gasteiger partial charge in [0.25, 0.3) is 5.91 Å². The molecule has 0 saturated carbocycles. The van der Waals surface area contributed by atoms with Gasteiger partial charge in [-0.1, -0.05) is 26.0 Å². The fourth-order valence-electron chi connectivity index (χ4n) is 4.58. The summed E-state index contributed by atoms with van der Waals surface area (Å²) in [5.41, 5.74) is 5.73. The van der Waals surface area contributed by atoms with Crippen molar-refractivity contribution >= 4 is 28.0 Å². The molecule has 0 aliphatic carbocycles. The third-order valence-electron chi connectivity index (χ3n) is 6.48. The van der Waals surface area contributed by atoms with Gasteiger partial charge in [-0.2, -0.15) is 0 Å². The van der Waals surface area contributed by atoms with Crippen molar-refractivity contribution in [2.45, 2.75) is 19.8 Å². The van der Waals surface area contributed by atoms with Gasteiger partial charge in [0.2, 0.25) is 0 Å². The van der Waals surface area contributed by atoms with Crippen molar-refractivity contribution < 1.29 is 9.18 Å². The zero-order chi connectivity index (χ0) is 25.0. The van der Waals surface area contributed by atoms with E-state index in [1.165, 1.54) is 19.2 Å². The van der Waals surface area contributed by atoms with Crippen molar-refractivity contribution in [2.24, 2.45) is 14.1 Å². The van der Waals surface area contributed by atoms with Crippen molar-refractivity contribution in [2.75, 3.05) is 7.05 Å². The van der Waals surface area contributed by atoms with E-state index in [9.17, 15) is 14.0 Å². The quantitative estimate of drug-likeness (QED) is 0.419. The van der Waals surface area contributed by atoms with Gasteiger partial charge in [0.1, 0.15) is 11.6 Å². The Morgan fingerprint density at radius 2 is 1.57 bits per heavy atom. The van der Waals surface area contributed by atoms with E-state index in [-0.39, 0.29) is 17.2 Å². The summed E-state index contributed by atoms with van der Waals surface area (Å²) in [5.74, 6) is -0.00109. The molecule has 7 nitrogen and oxygen atoms in total. The minimum Gasteiger partial charge on any atom is -0.355 e. The lowest BCUT2D eigenvalue weighted by Crippen LogP contribution is -2.19. The summed E-state index contributed by atoms with van der Waals surface area (Å²) in [6, 6.07) is 16.4. The molecule has 2 heterocycles. The minimum absolute atomic E-state index is 0.00871. The SMILES string of the molecule is CNC(=O)c1ccc(-c2ccc3c(c2)nc(C(C)C)n3-c2ccc3c(c2)n(C)c(=O)n3C)cc1F. The van der Waals surface area contributed by atoms with Crippen LogP contribution in [0.25, 0.3) is 38.9 Å². The first kappa shape index (κ1) is 22.6. The summed E-state index contributed by atoms with van der Waals surface area (Å²) >= 11 is 0. The monoisotopic (exact) mass is 471 g/mol. The van der Waals surface area contributed by atoms with E-state index in [2.05, 4.69) is 23.7 Å². The first-order chi connectivity index (χ1) is 16.7. The van der Waals surface area contributed by atoms with E-state index in [0.29, 0.717) is 5.56 Å². The molecular formula is C27H26FN5O2. The summed E-state index contributed by atoms with van der Waals surface area (Å²) in [6.07, 6.45) is 0.